The Balaban J connectivity index is 2.60. The van der Waals surface area contributed by atoms with Crippen LogP contribution < -0.4 is 11.1 Å². The van der Waals surface area contributed by atoms with Gasteiger partial charge in [-0.1, -0.05) is 0 Å². The van der Waals surface area contributed by atoms with Crippen molar-refractivity contribution in [1.82, 2.24) is 5.32 Å². The van der Waals surface area contributed by atoms with Crippen molar-refractivity contribution in [2.75, 3.05) is 18.9 Å². The fourth-order valence-corrected chi connectivity index (χ4v) is 1.88. The molecule has 1 rings (SSSR count). The minimum atomic E-state index is -1.30. The van der Waals surface area contributed by atoms with Crippen LogP contribution in [0.5, 0.6) is 0 Å². The standard InChI is InChI=1S/C10H16N2O3S/c1-6-7(11)3-8(16-6)9(14)12-4-10(2,15)5-13/h3,13,15H,4-5,11H2,1-2H3,(H,12,14). The first-order chi connectivity index (χ1) is 7.35. The van der Waals surface area contributed by atoms with Gasteiger partial charge in [-0.05, 0) is 19.9 Å². The fourth-order valence-electron chi connectivity index (χ4n) is 1.02. The van der Waals surface area contributed by atoms with Crippen LogP contribution in [0.1, 0.15) is 21.5 Å². The first-order valence-electron chi connectivity index (χ1n) is 4.83. The maximum absolute atomic E-state index is 11.6. The summed E-state index contributed by atoms with van der Waals surface area (Å²) in [6, 6.07) is 1.60. The summed E-state index contributed by atoms with van der Waals surface area (Å²) in [5, 5.41) is 20.8. The highest BCUT2D eigenvalue weighted by atomic mass is 32.1. The minimum absolute atomic E-state index is 0.000808. The maximum Gasteiger partial charge on any atom is 0.261 e. The number of amides is 1. The predicted molar refractivity (Wildman–Crippen MR) is 63.5 cm³/mol. The largest absolute Gasteiger partial charge is 0.398 e. The Morgan fingerprint density at radius 2 is 2.31 bits per heavy atom. The summed E-state index contributed by atoms with van der Waals surface area (Å²) in [4.78, 5) is 13.0. The summed E-state index contributed by atoms with van der Waals surface area (Å²) >= 11 is 1.30. The molecule has 0 radical (unpaired) electrons. The number of nitrogen functional groups attached to an aromatic ring is 1. The number of nitrogens with one attached hydrogen (secondary N) is 1. The zero-order valence-corrected chi connectivity index (χ0v) is 10.1. The van der Waals surface area contributed by atoms with E-state index in [4.69, 9.17) is 10.8 Å². The molecule has 0 aliphatic carbocycles. The Morgan fingerprint density at radius 3 is 2.75 bits per heavy atom. The molecule has 0 saturated heterocycles. The molecule has 6 heteroatoms. The van der Waals surface area contributed by atoms with Crippen LogP contribution in [0, 0.1) is 6.92 Å². The number of carbonyl (C=O) groups is 1. The molecule has 1 atom stereocenters. The van der Waals surface area contributed by atoms with Gasteiger partial charge in [-0.3, -0.25) is 4.79 Å². The van der Waals surface area contributed by atoms with Gasteiger partial charge in [-0.25, -0.2) is 0 Å². The summed E-state index contributed by atoms with van der Waals surface area (Å²) in [6.07, 6.45) is 0. The molecule has 1 aromatic rings. The molecule has 0 spiro atoms. The van der Waals surface area contributed by atoms with Crippen LogP contribution >= 0.6 is 11.3 Å². The molecule has 5 nitrogen and oxygen atoms in total. The quantitative estimate of drug-likeness (QED) is 0.604. The van der Waals surface area contributed by atoms with Gasteiger partial charge >= 0.3 is 0 Å². The third kappa shape index (κ3) is 3.19. The van der Waals surface area contributed by atoms with E-state index in [0.29, 0.717) is 10.6 Å². The van der Waals surface area contributed by atoms with E-state index in [1.54, 1.807) is 6.07 Å². The second-order valence-electron chi connectivity index (χ2n) is 3.96. The molecule has 1 unspecified atom stereocenters. The highest BCUT2D eigenvalue weighted by molar-refractivity contribution is 7.14. The fraction of sp³-hybridized carbons (Fsp3) is 0.500. The van der Waals surface area contributed by atoms with Crippen molar-refractivity contribution in [2.24, 2.45) is 0 Å². The van der Waals surface area contributed by atoms with Gasteiger partial charge in [-0.15, -0.1) is 11.3 Å². The second kappa shape index (κ2) is 4.82. The van der Waals surface area contributed by atoms with Crippen molar-refractivity contribution in [2.45, 2.75) is 19.4 Å². The van der Waals surface area contributed by atoms with E-state index in [1.807, 2.05) is 6.92 Å². The van der Waals surface area contributed by atoms with Crippen molar-refractivity contribution >= 4 is 22.9 Å². The number of anilines is 1. The number of aliphatic hydroxyl groups excluding tert-OH is 1. The normalized spacial score (nSPS) is 14.5. The number of carbonyl (C=O) groups excluding carboxylic acids is 1. The van der Waals surface area contributed by atoms with E-state index in [0.717, 1.165) is 4.88 Å². The second-order valence-corrected chi connectivity index (χ2v) is 5.22. The SMILES string of the molecule is Cc1sc(C(=O)NCC(C)(O)CO)cc1N. The molecule has 0 fully saturated rings. The van der Waals surface area contributed by atoms with Crippen LogP contribution in [0.2, 0.25) is 0 Å². The van der Waals surface area contributed by atoms with Crippen LogP contribution in [0.25, 0.3) is 0 Å². The Labute approximate surface area is 97.9 Å². The van der Waals surface area contributed by atoms with E-state index in [9.17, 15) is 9.90 Å². The van der Waals surface area contributed by atoms with E-state index >= 15 is 0 Å². The Kier molecular flexibility index (Phi) is 3.90. The lowest BCUT2D eigenvalue weighted by Crippen LogP contribution is -2.43. The molecule has 0 bridgehead atoms. The van der Waals surface area contributed by atoms with Crippen molar-refractivity contribution < 1.29 is 15.0 Å². The van der Waals surface area contributed by atoms with Gasteiger partial charge in [0.25, 0.3) is 5.91 Å². The number of aliphatic hydroxyl groups is 2. The van der Waals surface area contributed by atoms with Gasteiger partial charge in [0, 0.05) is 17.1 Å². The number of nitrogens with two attached hydrogens (primary N) is 1. The van der Waals surface area contributed by atoms with Crippen molar-refractivity contribution in [3.63, 3.8) is 0 Å². The van der Waals surface area contributed by atoms with Gasteiger partial charge in [0.15, 0.2) is 0 Å². The lowest BCUT2D eigenvalue weighted by molar-refractivity contribution is 0.00323. The van der Waals surface area contributed by atoms with E-state index in [1.165, 1.54) is 18.3 Å². The van der Waals surface area contributed by atoms with E-state index in [-0.39, 0.29) is 12.5 Å². The van der Waals surface area contributed by atoms with Gasteiger partial charge in [0.05, 0.1) is 11.5 Å². The lowest BCUT2D eigenvalue weighted by atomic mass is 10.1. The van der Waals surface area contributed by atoms with Gasteiger partial charge < -0.3 is 21.3 Å². The van der Waals surface area contributed by atoms with E-state index < -0.39 is 12.2 Å². The minimum Gasteiger partial charge on any atom is -0.398 e. The smallest absolute Gasteiger partial charge is 0.261 e. The zero-order chi connectivity index (χ0) is 12.3. The molecule has 5 N–H and O–H groups in total. The summed E-state index contributed by atoms with van der Waals surface area (Å²) in [6.45, 7) is 2.88. The van der Waals surface area contributed by atoms with Gasteiger partial charge in [-0.2, -0.15) is 0 Å². The van der Waals surface area contributed by atoms with Gasteiger partial charge in [0.1, 0.15) is 5.60 Å². The summed E-state index contributed by atoms with van der Waals surface area (Å²) in [5.41, 5.74) is 4.92. The molecule has 1 aromatic heterocycles. The summed E-state index contributed by atoms with van der Waals surface area (Å²) in [7, 11) is 0. The van der Waals surface area contributed by atoms with Crippen LogP contribution in [-0.4, -0.2) is 34.9 Å². The van der Waals surface area contributed by atoms with Crippen LogP contribution in [0.3, 0.4) is 0 Å². The molecule has 1 amide bonds. The Hall–Kier alpha value is -1.11. The Morgan fingerprint density at radius 1 is 1.69 bits per heavy atom. The lowest BCUT2D eigenvalue weighted by Gasteiger charge is -2.20. The molecule has 0 saturated carbocycles. The Bertz CT molecular complexity index is 368. The topological polar surface area (TPSA) is 95.6 Å². The third-order valence-electron chi connectivity index (χ3n) is 2.15. The molecule has 0 aromatic carbocycles. The van der Waals surface area contributed by atoms with Gasteiger partial charge in [0.2, 0.25) is 0 Å². The average molecular weight is 244 g/mol. The van der Waals surface area contributed by atoms with Crippen molar-refractivity contribution in [1.29, 1.82) is 0 Å². The molecule has 16 heavy (non-hydrogen) atoms. The first kappa shape index (κ1) is 13.0. The monoisotopic (exact) mass is 244 g/mol. The third-order valence-corrected chi connectivity index (χ3v) is 3.22. The van der Waals surface area contributed by atoms with Crippen LogP contribution in [0.15, 0.2) is 6.07 Å². The number of aryl methyl sites for hydroxylation is 1. The molecule has 0 aliphatic heterocycles. The molecular formula is C10H16N2O3S. The molecular weight excluding hydrogens is 228 g/mol. The predicted octanol–water partition coefficient (Wildman–Crippen LogP) is 0.112. The molecule has 1 heterocycles. The molecule has 90 valence electrons. The van der Waals surface area contributed by atoms with Crippen LogP contribution in [-0.2, 0) is 0 Å². The van der Waals surface area contributed by atoms with Crippen LogP contribution in [0.4, 0.5) is 5.69 Å². The number of rotatable bonds is 4. The zero-order valence-electron chi connectivity index (χ0n) is 9.28. The number of hydrogen-bond acceptors (Lipinski definition) is 5. The maximum atomic E-state index is 11.6. The number of thiophene rings is 1. The molecule has 0 aliphatic rings. The summed E-state index contributed by atoms with van der Waals surface area (Å²) in [5.74, 6) is -0.293. The first-order valence-corrected chi connectivity index (χ1v) is 5.65. The van der Waals surface area contributed by atoms with E-state index in [2.05, 4.69) is 5.32 Å². The highest BCUT2D eigenvalue weighted by Gasteiger charge is 2.20. The van der Waals surface area contributed by atoms with Crippen molar-refractivity contribution in [3.05, 3.63) is 15.8 Å². The van der Waals surface area contributed by atoms with Crippen molar-refractivity contribution in [3.8, 4) is 0 Å². The highest BCUT2D eigenvalue weighted by Crippen LogP contribution is 2.23. The summed E-state index contributed by atoms with van der Waals surface area (Å²) < 4.78 is 0. The number of hydrogen-bond donors (Lipinski definition) is 4. The average Bonchev–Trinajstić information content (AvgIpc) is 2.56.